The summed E-state index contributed by atoms with van der Waals surface area (Å²) in [6.45, 7) is 1.71. The van der Waals surface area contributed by atoms with Crippen LogP contribution in [0.25, 0.3) is 0 Å². The lowest BCUT2D eigenvalue weighted by molar-refractivity contribution is -0.157. The molecule has 2 aliphatic heterocycles. The molecule has 0 bridgehead atoms. The van der Waals surface area contributed by atoms with E-state index in [0.29, 0.717) is 12.0 Å². The van der Waals surface area contributed by atoms with E-state index in [0.717, 1.165) is 4.90 Å². The van der Waals surface area contributed by atoms with Gasteiger partial charge in [-0.3, -0.25) is 14.5 Å². The van der Waals surface area contributed by atoms with Crippen molar-refractivity contribution in [3.05, 3.63) is 47.2 Å². The topological polar surface area (TPSA) is 139 Å². The molecule has 3 unspecified atom stereocenters. The second-order valence-electron chi connectivity index (χ2n) is 6.54. The maximum Gasteiger partial charge on any atom is 0.353 e. The second-order valence-corrected chi connectivity index (χ2v) is 6.54. The molecule has 3 rings (SSSR count). The Kier molecular flexibility index (Phi) is 5.46. The Balaban J connectivity index is 1.76. The van der Waals surface area contributed by atoms with Crippen molar-refractivity contribution < 1.29 is 29.0 Å². The molecule has 1 saturated heterocycles. The van der Waals surface area contributed by atoms with Crippen LogP contribution < -0.4 is 11.1 Å². The van der Waals surface area contributed by atoms with E-state index >= 15 is 0 Å². The smallest absolute Gasteiger partial charge is 0.353 e. The molecule has 0 spiro atoms. The average molecular weight is 387 g/mol. The second kappa shape index (κ2) is 7.81. The summed E-state index contributed by atoms with van der Waals surface area (Å²) in [4.78, 5) is 49.7. The molecule has 148 valence electrons. The highest BCUT2D eigenvalue weighted by Gasteiger charge is 2.54. The number of benzene rings is 1. The first kappa shape index (κ1) is 19.6. The summed E-state index contributed by atoms with van der Waals surface area (Å²) in [6.07, 6.45) is 0.480. The monoisotopic (exact) mass is 387 g/mol. The van der Waals surface area contributed by atoms with Gasteiger partial charge in [0.2, 0.25) is 5.91 Å². The number of hydrogen-bond acceptors (Lipinski definition) is 6. The van der Waals surface area contributed by atoms with Crippen LogP contribution in [-0.2, 0) is 23.9 Å². The summed E-state index contributed by atoms with van der Waals surface area (Å²) in [6, 6.07) is 6.35. The first-order valence-electron chi connectivity index (χ1n) is 8.94. The number of amides is 2. The fraction of sp³-hybridized carbons (Fsp3) is 0.368. The Morgan fingerprint density at radius 3 is 2.61 bits per heavy atom. The molecule has 0 aliphatic carbocycles. The number of carboxylic acids is 1. The van der Waals surface area contributed by atoms with Gasteiger partial charge in [-0.05, 0) is 25.3 Å². The molecule has 0 radical (unpaired) electrons. The van der Waals surface area contributed by atoms with E-state index in [2.05, 4.69) is 5.32 Å². The number of hydrogen-bond donors (Lipinski definition) is 3. The number of carbonyl (C=O) groups is 4. The third-order valence-electron chi connectivity index (χ3n) is 4.90. The van der Waals surface area contributed by atoms with Crippen molar-refractivity contribution >= 4 is 23.8 Å². The maximum atomic E-state index is 12.6. The summed E-state index contributed by atoms with van der Waals surface area (Å²) < 4.78 is 4.89. The number of nitrogens with one attached hydrogen (secondary N) is 1. The molecule has 2 heterocycles. The van der Waals surface area contributed by atoms with E-state index in [9.17, 15) is 24.3 Å². The molecule has 1 aromatic rings. The molecule has 0 saturated carbocycles. The predicted octanol–water partition coefficient (Wildman–Crippen LogP) is 0.0776. The van der Waals surface area contributed by atoms with Crippen LogP contribution in [0.15, 0.2) is 41.6 Å². The van der Waals surface area contributed by atoms with Crippen LogP contribution >= 0.6 is 0 Å². The fourth-order valence-electron chi connectivity index (χ4n) is 3.53. The number of rotatable bonds is 6. The first-order valence-corrected chi connectivity index (χ1v) is 8.94. The highest BCUT2D eigenvalue weighted by atomic mass is 16.5. The van der Waals surface area contributed by atoms with Gasteiger partial charge in [0.05, 0.1) is 18.2 Å². The van der Waals surface area contributed by atoms with Crippen LogP contribution in [0.5, 0.6) is 0 Å². The van der Waals surface area contributed by atoms with E-state index in [4.69, 9.17) is 10.5 Å². The van der Waals surface area contributed by atoms with E-state index < -0.39 is 41.9 Å². The minimum atomic E-state index is -1.38. The van der Waals surface area contributed by atoms with Gasteiger partial charge in [0.15, 0.2) is 0 Å². The Labute approximate surface area is 161 Å². The normalized spacial score (nSPS) is 22.1. The number of ether oxygens (including phenoxy) is 1. The lowest BCUT2D eigenvalue weighted by Crippen LogP contribution is -2.72. The summed E-state index contributed by atoms with van der Waals surface area (Å²) in [5.41, 5.74) is 6.13. The number of carbonyl (C=O) groups excluding carboxylic acids is 3. The molecule has 9 nitrogen and oxygen atoms in total. The standard InChI is InChI=1S/C19H21N3O6/c1-2-28-19(27)11-8-9-12-14(17(24)22(12)15(11)18(25)26)21-16(23)13(20)10-6-4-3-5-7-10/h3-7,12-14H,2,8-9,20H2,1H3,(H,21,23)(H,25,26). The molecule has 2 aliphatic rings. The van der Waals surface area contributed by atoms with Gasteiger partial charge >= 0.3 is 11.9 Å². The van der Waals surface area contributed by atoms with E-state index in [1.165, 1.54) is 0 Å². The zero-order valence-corrected chi connectivity index (χ0v) is 15.3. The van der Waals surface area contributed by atoms with Crippen LogP contribution in [0.3, 0.4) is 0 Å². The zero-order valence-electron chi connectivity index (χ0n) is 15.3. The molecule has 2 amide bonds. The molecule has 1 fully saturated rings. The number of nitrogens with zero attached hydrogens (tertiary/aromatic N) is 1. The molecule has 0 aromatic heterocycles. The average Bonchev–Trinajstić information content (AvgIpc) is 2.70. The Morgan fingerprint density at radius 2 is 2.00 bits per heavy atom. The van der Waals surface area contributed by atoms with E-state index in [1.807, 2.05) is 0 Å². The van der Waals surface area contributed by atoms with Crippen LogP contribution in [0.1, 0.15) is 31.4 Å². The van der Waals surface area contributed by atoms with Gasteiger partial charge in [-0.2, -0.15) is 0 Å². The van der Waals surface area contributed by atoms with Crippen molar-refractivity contribution in [1.82, 2.24) is 10.2 Å². The quantitative estimate of drug-likeness (QED) is 0.464. The number of aliphatic carboxylic acids is 1. The predicted molar refractivity (Wildman–Crippen MR) is 96.5 cm³/mol. The van der Waals surface area contributed by atoms with Gasteiger partial charge in [-0.25, -0.2) is 9.59 Å². The third kappa shape index (κ3) is 3.36. The van der Waals surface area contributed by atoms with Crippen molar-refractivity contribution in [3.8, 4) is 0 Å². The molecule has 1 aromatic carbocycles. The van der Waals surface area contributed by atoms with Crippen molar-refractivity contribution in [1.29, 1.82) is 0 Å². The summed E-state index contributed by atoms with van der Waals surface area (Å²) >= 11 is 0. The first-order chi connectivity index (χ1) is 13.4. The van der Waals surface area contributed by atoms with Crippen molar-refractivity contribution in [3.63, 3.8) is 0 Å². The zero-order chi connectivity index (χ0) is 20.4. The number of fused-ring (bicyclic) bond motifs is 1. The molecule has 28 heavy (non-hydrogen) atoms. The number of carboxylic acid groups (broad SMARTS) is 1. The highest BCUT2D eigenvalue weighted by Crippen LogP contribution is 2.37. The Morgan fingerprint density at radius 1 is 1.32 bits per heavy atom. The third-order valence-corrected chi connectivity index (χ3v) is 4.90. The number of nitrogens with two attached hydrogens (primary N) is 1. The van der Waals surface area contributed by atoms with Crippen LogP contribution in [0.4, 0.5) is 0 Å². The minimum absolute atomic E-state index is 0.0373. The molecule has 9 heteroatoms. The van der Waals surface area contributed by atoms with Gasteiger partial charge in [0.1, 0.15) is 17.8 Å². The molecular weight excluding hydrogens is 366 g/mol. The SMILES string of the molecule is CCOC(=O)C1=C(C(=O)O)N2C(=O)C(NC(=O)C(N)c3ccccc3)C2CC1. The summed E-state index contributed by atoms with van der Waals surface area (Å²) in [7, 11) is 0. The number of β-lactam (4-membered cyclic amide) rings is 1. The highest BCUT2D eigenvalue weighted by molar-refractivity contribution is 6.06. The lowest BCUT2D eigenvalue weighted by Gasteiger charge is -2.50. The van der Waals surface area contributed by atoms with Crippen LogP contribution in [0, 0.1) is 0 Å². The van der Waals surface area contributed by atoms with Crippen LogP contribution in [-0.4, -0.2) is 52.4 Å². The number of esters is 1. The molecule has 4 N–H and O–H groups in total. The van der Waals surface area contributed by atoms with Gasteiger partial charge in [0.25, 0.3) is 5.91 Å². The van der Waals surface area contributed by atoms with Gasteiger partial charge in [-0.1, -0.05) is 30.3 Å². The molecule has 3 atom stereocenters. The van der Waals surface area contributed by atoms with Crippen LogP contribution in [0.2, 0.25) is 0 Å². The maximum absolute atomic E-state index is 12.6. The summed E-state index contributed by atoms with van der Waals surface area (Å²) in [5.74, 6) is -3.24. The summed E-state index contributed by atoms with van der Waals surface area (Å²) in [5, 5.41) is 12.1. The van der Waals surface area contributed by atoms with E-state index in [-0.39, 0.29) is 24.3 Å². The van der Waals surface area contributed by atoms with Gasteiger partial charge in [0, 0.05) is 0 Å². The van der Waals surface area contributed by atoms with Crippen molar-refractivity contribution in [2.75, 3.05) is 6.61 Å². The van der Waals surface area contributed by atoms with E-state index in [1.54, 1.807) is 37.3 Å². The Hall–Kier alpha value is -3.20. The lowest BCUT2D eigenvalue weighted by atomic mass is 9.83. The van der Waals surface area contributed by atoms with Gasteiger partial charge < -0.3 is 20.9 Å². The van der Waals surface area contributed by atoms with Crippen molar-refractivity contribution in [2.45, 2.75) is 37.9 Å². The van der Waals surface area contributed by atoms with Crippen molar-refractivity contribution in [2.24, 2.45) is 5.73 Å². The Bertz CT molecular complexity index is 850. The molecular formula is C19H21N3O6. The minimum Gasteiger partial charge on any atom is -0.477 e. The fourth-order valence-corrected chi connectivity index (χ4v) is 3.53. The van der Waals surface area contributed by atoms with Gasteiger partial charge in [-0.15, -0.1) is 0 Å². The largest absolute Gasteiger partial charge is 0.477 e.